The van der Waals surface area contributed by atoms with E-state index in [1.807, 2.05) is 59.1 Å². The van der Waals surface area contributed by atoms with Crippen LogP contribution in [-0.4, -0.2) is 52.9 Å². The third kappa shape index (κ3) is 8.76. The number of aromatic nitrogens is 2. The smallest absolute Gasteiger partial charge is 0.408 e. The summed E-state index contributed by atoms with van der Waals surface area (Å²) in [6.07, 6.45) is 2.38. The molecule has 0 unspecified atom stereocenters. The zero-order valence-corrected chi connectivity index (χ0v) is 21.1. The van der Waals surface area contributed by atoms with Crippen LogP contribution < -0.4 is 16.0 Å². The molecule has 2 aromatic rings. The Balaban J connectivity index is 0.00000450. The van der Waals surface area contributed by atoms with E-state index >= 15 is 0 Å². The van der Waals surface area contributed by atoms with Crippen LogP contribution in [0.4, 0.5) is 4.79 Å². The van der Waals surface area contributed by atoms with Gasteiger partial charge in [0, 0.05) is 26.7 Å². The van der Waals surface area contributed by atoms with Crippen LogP contribution in [0.1, 0.15) is 41.0 Å². The van der Waals surface area contributed by atoms with E-state index in [2.05, 4.69) is 36.6 Å². The molecule has 1 aromatic heterocycles. The van der Waals surface area contributed by atoms with E-state index in [0.717, 1.165) is 30.5 Å². The fraction of sp³-hybridized carbons (Fsp3) is 0.571. The van der Waals surface area contributed by atoms with E-state index in [9.17, 15) is 4.79 Å². The number of carbonyl (C=O) groups is 1. The minimum Gasteiger partial charge on any atom is -0.444 e. The van der Waals surface area contributed by atoms with Gasteiger partial charge in [0.25, 0.3) is 0 Å². The Morgan fingerprint density at radius 3 is 2.53 bits per heavy atom. The maximum atomic E-state index is 12.0. The number of alkyl carbamates (subject to hydrolysis) is 1. The summed E-state index contributed by atoms with van der Waals surface area (Å²) in [5.41, 5.74) is 1.14. The van der Waals surface area contributed by atoms with Gasteiger partial charge >= 0.3 is 6.09 Å². The molecule has 0 spiro atoms. The highest BCUT2D eigenvalue weighted by Gasteiger charge is 2.24. The number of hydrogen-bond donors (Lipinski definition) is 3. The number of halogens is 1. The van der Waals surface area contributed by atoms with Gasteiger partial charge in [-0.2, -0.15) is 0 Å². The molecule has 8 nitrogen and oxygen atoms in total. The number of aryl methyl sites for hydroxylation is 1. The lowest BCUT2D eigenvalue weighted by molar-refractivity contribution is 0.0474. The van der Waals surface area contributed by atoms with E-state index in [4.69, 9.17) is 4.74 Å². The molecular formula is C21H35IN6O2. The van der Waals surface area contributed by atoms with Crippen molar-refractivity contribution in [3.8, 4) is 0 Å². The molecule has 0 fully saturated rings. The van der Waals surface area contributed by atoms with Crippen LogP contribution in [0.15, 0.2) is 35.6 Å². The molecule has 2 rings (SSSR count). The first-order chi connectivity index (χ1) is 13.6. The van der Waals surface area contributed by atoms with Crippen molar-refractivity contribution in [2.75, 3.05) is 20.1 Å². The molecule has 9 heteroatoms. The number of nitrogens with zero attached hydrogens (tertiary/aromatic N) is 3. The molecule has 0 bridgehead atoms. The SMILES string of the molecule is CN=C(NCCCn1cnc2ccccc21)NCC(C)(C)NC(=O)OC(C)(C)C.I. The summed E-state index contributed by atoms with van der Waals surface area (Å²) in [5.74, 6) is 0.694. The summed E-state index contributed by atoms with van der Waals surface area (Å²) >= 11 is 0. The molecule has 0 radical (unpaired) electrons. The predicted molar refractivity (Wildman–Crippen MR) is 133 cm³/mol. The average molecular weight is 530 g/mol. The molecule has 1 aromatic carbocycles. The Hall–Kier alpha value is -2.04. The van der Waals surface area contributed by atoms with Crippen LogP contribution in [0, 0.1) is 0 Å². The molecule has 30 heavy (non-hydrogen) atoms. The first-order valence-corrected chi connectivity index (χ1v) is 9.95. The standard InChI is InChI=1S/C21H34N6O2.HI/c1-20(2,3)29-19(28)26-21(4,5)14-24-18(22-6)23-12-9-13-27-15-25-16-10-7-8-11-17(16)27;/h7-8,10-11,15H,9,12-14H2,1-6H3,(H,26,28)(H2,22,23,24);1H. The van der Waals surface area contributed by atoms with Gasteiger partial charge in [-0.15, -0.1) is 24.0 Å². The van der Waals surface area contributed by atoms with Crippen molar-refractivity contribution >= 4 is 47.1 Å². The summed E-state index contributed by atoms with van der Waals surface area (Å²) < 4.78 is 7.47. The summed E-state index contributed by atoms with van der Waals surface area (Å²) in [7, 11) is 1.73. The molecule has 0 aliphatic carbocycles. The number of para-hydroxylation sites is 2. The molecule has 1 amide bonds. The van der Waals surface area contributed by atoms with Crippen molar-refractivity contribution < 1.29 is 9.53 Å². The molecular weight excluding hydrogens is 495 g/mol. The van der Waals surface area contributed by atoms with Gasteiger partial charge in [-0.25, -0.2) is 9.78 Å². The predicted octanol–water partition coefficient (Wildman–Crippen LogP) is 3.51. The quantitative estimate of drug-likeness (QED) is 0.221. The Bertz CT molecular complexity index is 841. The Kier molecular flexibility index (Phi) is 9.86. The molecule has 1 heterocycles. The van der Waals surface area contributed by atoms with Gasteiger partial charge in [-0.1, -0.05) is 12.1 Å². The highest BCUT2D eigenvalue weighted by atomic mass is 127. The minimum atomic E-state index is -0.522. The topological polar surface area (TPSA) is 92.6 Å². The van der Waals surface area contributed by atoms with Gasteiger partial charge in [0.2, 0.25) is 0 Å². The number of imidazole rings is 1. The minimum absolute atomic E-state index is 0. The Morgan fingerprint density at radius 2 is 1.87 bits per heavy atom. The van der Waals surface area contributed by atoms with Crippen molar-refractivity contribution in [3.05, 3.63) is 30.6 Å². The lowest BCUT2D eigenvalue weighted by atomic mass is 10.1. The fourth-order valence-corrected chi connectivity index (χ4v) is 2.79. The number of aliphatic imine (C=N–C) groups is 1. The van der Waals surface area contributed by atoms with Crippen molar-refractivity contribution in [2.24, 2.45) is 4.99 Å². The molecule has 0 atom stereocenters. The van der Waals surface area contributed by atoms with Crippen molar-refractivity contribution in [3.63, 3.8) is 0 Å². The molecule has 168 valence electrons. The molecule has 0 saturated heterocycles. The van der Waals surface area contributed by atoms with Crippen molar-refractivity contribution in [1.29, 1.82) is 0 Å². The van der Waals surface area contributed by atoms with Crippen LogP contribution in [0.5, 0.6) is 0 Å². The highest BCUT2D eigenvalue weighted by Crippen LogP contribution is 2.12. The second-order valence-electron chi connectivity index (χ2n) is 8.64. The van der Waals surface area contributed by atoms with Gasteiger partial charge < -0.3 is 25.3 Å². The second-order valence-corrected chi connectivity index (χ2v) is 8.64. The van der Waals surface area contributed by atoms with E-state index < -0.39 is 17.2 Å². The van der Waals surface area contributed by atoms with Gasteiger partial charge in [-0.05, 0) is 53.2 Å². The summed E-state index contributed by atoms with van der Waals surface area (Å²) in [6.45, 7) is 11.5. The number of rotatable bonds is 7. The lowest BCUT2D eigenvalue weighted by Crippen LogP contribution is -2.54. The summed E-state index contributed by atoms with van der Waals surface area (Å²) in [6, 6.07) is 8.12. The summed E-state index contributed by atoms with van der Waals surface area (Å²) in [4.78, 5) is 20.6. The number of benzene rings is 1. The fourth-order valence-electron chi connectivity index (χ4n) is 2.79. The number of guanidine groups is 1. The third-order valence-electron chi connectivity index (χ3n) is 4.16. The van der Waals surface area contributed by atoms with Gasteiger partial charge in [0.1, 0.15) is 5.60 Å². The van der Waals surface area contributed by atoms with Gasteiger partial charge in [0.05, 0.1) is 22.9 Å². The first-order valence-electron chi connectivity index (χ1n) is 9.95. The van der Waals surface area contributed by atoms with E-state index in [0.29, 0.717) is 12.5 Å². The number of ether oxygens (including phenoxy) is 1. The Labute approximate surface area is 196 Å². The maximum absolute atomic E-state index is 12.0. The largest absolute Gasteiger partial charge is 0.444 e. The summed E-state index contributed by atoms with van der Waals surface area (Å²) in [5, 5.41) is 9.43. The lowest BCUT2D eigenvalue weighted by Gasteiger charge is -2.29. The van der Waals surface area contributed by atoms with Crippen LogP contribution in [-0.2, 0) is 11.3 Å². The molecule has 0 saturated carbocycles. The zero-order chi connectivity index (χ0) is 21.5. The number of hydrogen-bond acceptors (Lipinski definition) is 4. The van der Waals surface area contributed by atoms with Crippen molar-refractivity contribution in [1.82, 2.24) is 25.5 Å². The van der Waals surface area contributed by atoms with Crippen LogP contribution in [0.2, 0.25) is 0 Å². The maximum Gasteiger partial charge on any atom is 0.408 e. The zero-order valence-electron chi connectivity index (χ0n) is 18.8. The molecule has 0 aliphatic heterocycles. The monoisotopic (exact) mass is 530 g/mol. The number of fused-ring (bicyclic) bond motifs is 1. The number of carbonyl (C=O) groups excluding carboxylic acids is 1. The van der Waals surface area contributed by atoms with Crippen molar-refractivity contribution in [2.45, 2.75) is 58.7 Å². The van der Waals surface area contributed by atoms with Gasteiger partial charge in [0.15, 0.2) is 5.96 Å². The van der Waals surface area contributed by atoms with E-state index in [-0.39, 0.29) is 24.0 Å². The Morgan fingerprint density at radius 1 is 1.17 bits per heavy atom. The number of amides is 1. The molecule has 3 N–H and O–H groups in total. The van der Waals surface area contributed by atoms with Crippen LogP contribution >= 0.6 is 24.0 Å². The van der Waals surface area contributed by atoms with Gasteiger partial charge in [-0.3, -0.25) is 4.99 Å². The van der Waals surface area contributed by atoms with E-state index in [1.54, 1.807) is 7.05 Å². The highest BCUT2D eigenvalue weighted by molar-refractivity contribution is 14.0. The third-order valence-corrected chi connectivity index (χ3v) is 4.16. The number of nitrogens with one attached hydrogen (secondary N) is 3. The first kappa shape index (κ1) is 26.0. The molecule has 0 aliphatic rings. The average Bonchev–Trinajstić information content (AvgIpc) is 3.02. The van der Waals surface area contributed by atoms with Crippen LogP contribution in [0.3, 0.4) is 0 Å². The van der Waals surface area contributed by atoms with E-state index in [1.165, 1.54) is 0 Å². The second kappa shape index (κ2) is 11.4. The normalized spacial score (nSPS) is 12.3. The van der Waals surface area contributed by atoms with Crippen LogP contribution in [0.25, 0.3) is 11.0 Å².